The number of fused-ring (bicyclic) bond motifs is 1. The normalized spacial score (nSPS) is 12.4. The highest BCUT2D eigenvalue weighted by Crippen LogP contribution is 2.17. The van der Waals surface area contributed by atoms with Gasteiger partial charge in [-0.15, -0.1) is 0 Å². The first kappa shape index (κ1) is 13.3. The molecule has 0 fully saturated rings. The van der Waals surface area contributed by atoms with Crippen LogP contribution in [0, 0.1) is 11.7 Å². The second kappa shape index (κ2) is 4.51. The molecular formula is C10H16N4O2S2. The molecule has 0 saturated carbocycles. The van der Waals surface area contributed by atoms with Crippen molar-refractivity contribution in [3.8, 4) is 0 Å². The first-order valence-electron chi connectivity index (χ1n) is 5.67. The molecule has 0 aliphatic carbocycles. The number of sulfone groups is 1. The van der Waals surface area contributed by atoms with Gasteiger partial charge in [-0.2, -0.15) is 5.10 Å². The average molecular weight is 288 g/mol. The van der Waals surface area contributed by atoms with E-state index in [0.29, 0.717) is 11.3 Å². The zero-order valence-electron chi connectivity index (χ0n) is 10.6. The highest BCUT2D eigenvalue weighted by atomic mass is 32.2. The first-order valence-corrected chi connectivity index (χ1v) is 8.14. The third-order valence-corrected chi connectivity index (χ3v) is 4.07. The molecular weight excluding hydrogens is 272 g/mol. The van der Waals surface area contributed by atoms with E-state index in [4.69, 9.17) is 12.2 Å². The van der Waals surface area contributed by atoms with Crippen LogP contribution in [-0.4, -0.2) is 39.8 Å². The van der Waals surface area contributed by atoms with Crippen LogP contribution >= 0.6 is 12.2 Å². The highest BCUT2D eigenvalue weighted by molar-refractivity contribution is 7.90. The summed E-state index contributed by atoms with van der Waals surface area (Å²) in [6, 6.07) is 0. The van der Waals surface area contributed by atoms with Gasteiger partial charge in [0.1, 0.15) is 15.4 Å². The molecule has 0 aliphatic rings. The summed E-state index contributed by atoms with van der Waals surface area (Å²) in [5.41, 5.74) is 2.62. The van der Waals surface area contributed by atoms with E-state index < -0.39 is 9.84 Å². The number of aromatic nitrogens is 4. The molecule has 0 aromatic carbocycles. The molecule has 0 amide bonds. The fraction of sp³-hybridized carbons (Fsp3) is 0.600. The van der Waals surface area contributed by atoms with E-state index in [-0.39, 0.29) is 5.75 Å². The Kier molecular flexibility index (Phi) is 3.33. The van der Waals surface area contributed by atoms with Crippen molar-refractivity contribution in [2.45, 2.75) is 26.9 Å². The van der Waals surface area contributed by atoms with Crippen LogP contribution in [0.15, 0.2) is 0 Å². The number of hydrogen-bond donors (Lipinski definition) is 1. The predicted octanol–water partition coefficient (Wildman–Crippen LogP) is 1.27. The molecule has 0 saturated heterocycles. The molecule has 2 aromatic rings. The summed E-state index contributed by atoms with van der Waals surface area (Å²) in [7, 11) is -3.01. The van der Waals surface area contributed by atoms with Gasteiger partial charge in [-0.25, -0.2) is 13.1 Å². The van der Waals surface area contributed by atoms with Crippen molar-refractivity contribution in [2.75, 3.05) is 12.0 Å². The number of nitrogens with zero attached hydrogens (tertiary/aromatic N) is 3. The zero-order chi connectivity index (χ0) is 13.5. The Morgan fingerprint density at radius 2 is 2.11 bits per heavy atom. The Bertz CT molecular complexity index is 736. The lowest BCUT2D eigenvalue weighted by molar-refractivity contribution is 0.591. The molecule has 18 heavy (non-hydrogen) atoms. The minimum atomic E-state index is -3.01. The van der Waals surface area contributed by atoms with Crippen molar-refractivity contribution in [1.29, 1.82) is 0 Å². The van der Waals surface area contributed by atoms with Gasteiger partial charge in [0.15, 0.2) is 10.4 Å². The lowest BCUT2D eigenvalue weighted by Gasteiger charge is -2.05. The van der Waals surface area contributed by atoms with Crippen molar-refractivity contribution in [2.24, 2.45) is 0 Å². The van der Waals surface area contributed by atoms with Gasteiger partial charge in [-0.3, -0.25) is 0 Å². The predicted molar refractivity (Wildman–Crippen MR) is 73.0 cm³/mol. The highest BCUT2D eigenvalue weighted by Gasteiger charge is 2.14. The molecule has 6 nitrogen and oxygen atoms in total. The average Bonchev–Trinajstić information content (AvgIpc) is 2.73. The molecule has 0 unspecified atom stereocenters. The van der Waals surface area contributed by atoms with Gasteiger partial charge in [-0.05, 0) is 26.1 Å². The van der Waals surface area contributed by atoms with E-state index >= 15 is 0 Å². The van der Waals surface area contributed by atoms with Crippen molar-refractivity contribution in [3.63, 3.8) is 0 Å². The van der Waals surface area contributed by atoms with Gasteiger partial charge in [0.2, 0.25) is 0 Å². The van der Waals surface area contributed by atoms with Gasteiger partial charge in [0, 0.05) is 19.3 Å². The summed E-state index contributed by atoms with van der Waals surface area (Å²) in [6.45, 7) is 4.96. The summed E-state index contributed by atoms with van der Waals surface area (Å²) >= 11 is 5.23. The third kappa shape index (κ3) is 2.35. The lowest BCUT2D eigenvalue weighted by Crippen LogP contribution is -2.13. The molecule has 0 radical (unpaired) electrons. The molecule has 1 N–H and O–H groups in total. The largest absolute Gasteiger partial charge is 0.328 e. The molecule has 100 valence electrons. The standard InChI is InChI=1S/C10H16N4O2S2/c1-4-14-9-8(7(2)12-14)11-10(17)13(9)5-6-18(3,15)16/h4-6H2,1-3H3,(H,11,17). The van der Waals surface area contributed by atoms with E-state index in [9.17, 15) is 8.42 Å². The Balaban J connectivity index is 2.55. The molecule has 0 bridgehead atoms. The quantitative estimate of drug-likeness (QED) is 0.860. The second-order valence-electron chi connectivity index (χ2n) is 4.31. The van der Waals surface area contributed by atoms with Crippen LogP contribution in [0.4, 0.5) is 0 Å². The van der Waals surface area contributed by atoms with E-state index in [1.54, 1.807) is 4.57 Å². The minimum Gasteiger partial charge on any atom is -0.328 e. The van der Waals surface area contributed by atoms with E-state index in [2.05, 4.69) is 10.1 Å². The van der Waals surface area contributed by atoms with Crippen molar-refractivity contribution in [3.05, 3.63) is 10.5 Å². The molecule has 2 rings (SSSR count). The Morgan fingerprint density at radius 3 is 2.67 bits per heavy atom. The van der Waals surface area contributed by atoms with Crippen LogP contribution in [0.2, 0.25) is 0 Å². The number of aromatic amines is 1. The molecule has 2 aromatic heterocycles. The Morgan fingerprint density at radius 1 is 1.44 bits per heavy atom. The monoisotopic (exact) mass is 288 g/mol. The Labute approximate surface area is 111 Å². The van der Waals surface area contributed by atoms with E-state index in [0.717, 1.165) is 23.4 Å². The maximum Gasteiger partial charge on any atom is 0.179 e. The Hall–Kier alpha value is -1.15. The van der Waals surface area contributed by atoms with Crippen LogP contribution < -0.4 is 0 Å². The molecule has 0 atom stereocenters. The fourth-order valence-electron chi connectivity index (χ4n) is 1.95. The molecule has 0 aliphatic heterocycles. The minimum absolute atomic E-state index is 0.0716. The van der Waals surface area contributed by atoms with Gasteiger partial charge >= 0.3 is 0 Å². The number of aryl methyl sites for hydroxylation is 3. The van der Waals surface area contributed by atoms with Crippen LogP contribution in [-0.2, 0) is 22.9 Å². The smallest absolute Gasteiger partial charge is 0.179 e. The summed E-state index contributed by atoms with van der Waals surface area (Å²) in [5.74, 6) is 0.0716. The summed E-state index contributed by atoms with van der Waals surface area (Å²) in [6.07, 6.45) is 1.23. The number of rotatable bonds is 4. The van der Waals surface area contributed by atoms with Crippen LogP contribution in [0.25, 0.3) is 11.2 Å². The van der Waals surface area contributed by atoms with Gasteiger partial charge in [-0.1, -0.05) is 0 Å². The first-order chi connectivity index (χ1) is 8.33. The van der Waals surface area contributed by atoms with Crippen LogP contribution in [0.5, 0.6) is 0 Å². The van der Waals surface area contributed by atoms with E-state index in [1.807, 2.05) is 18.5 Å². The maximum absolute atomic E-state index is 11.3. The van der Waals surface area contributed by atoms with Gasteiger partial charge in [0.25, 0.3) is 0 Å². The fourth-order valence-corrected chi connectivity index (χ4v) is 2.74. The zero-order valence-corrected chi connectivity index (χ0v) is 12.2. The summed E-state index contributed by atoms with van der Waals surface area (Å²) < 4.78 is 26.7. The van der Waals surface area contributed by atoms with Crippen LogP contribution in [0.1, 0.15) is 12.6 Å². The van der Waals surface area contributed by atoms with Crippen molar-refractivity contribution < 1.29 is 8.42 Å². The third-order valence-electron chi connectivity index (χ3n) is 2.82. The summed E-state index contributed by atoms with van der Waals surface area (Å²) in [4.78, 5) is 3.09. The molecule has 2 heterocycles. The maximum atomic E-state index is 11.3. The van der Waals surface area contributed by atoms with Crippen molar-refractivity contribution in [1.82, 2.24) is 19.3 Å². The summed E-state index contributed by atoms with van der Waals surface area (Å²) in [5, 5.41) is 4.38. The number of nitrogens with one attached hydrogen (secondary N) is 1. The number of H-pyrrole nitrogens is 1. The van der Waals surface area contributed by atoms with Gasteiger partial charge < -0.3 is 9.55 Å². The van der Waals surface area contributed by atoms with Crippen LogP contribution in [0.3, 0.4) is 0 Å². The van der Waals surface area contributed by atoms with Crippen molar-refractivity contribution >= 4 is 33.2 Å². The number of imidazole rings is 1. The second-order valence-corrected chi connectivity index (χ2v) is 6.96. The van der Waals surface area contributed by atoms with Gasteiger partial charge in [0.05, 0.1) is 11.4 Å². The number of hydrogen-bond acceptors (Lipinski definition) is 4. The molecule has 0 spiro atoms. The lowest BCUT2D eigenvalue weighted by atomic mass is 10.4. The topological polar surface area (TPSA) is 72.7 Å². The SMILES string of the molecule is CCn1nc(C)c2[nH]c(=S)n(CCS(C)(=O)=O)c21. The van der Waals surface area contributed by atoms with E-state index in [1.165, 1.54) is 6.26 Å². The molecule has 8 heteroatoms.